The number of amides is 2. The van der Waals surface area contributed by atoms with Crippen molar-refractivity contribution in [3.63, 3.8) is 0 Å². The molecule has 0 bridgehead atoms. The Hall–Kier alpha value is -2.09. The lowest BCUT2D eigenvalue weighted by Gasteiger charge is -2.07. The molecule has 0 spiro atoms. The average molecular weight is 392 g/mol. The molecule has 5 nitrogen and oxygen atoms in total. The topological polar surface area (TPSA) is 71.1 Å². The summed E-state index contributed by atoms with van der Waals surface area (Å²) < 4.78 is 1.14. The maximum Gasteiger partial charge on any atom is 0.269 e. The van der Waals surface area contributed by atoms with Gasteiger partial charge in [0, 0.05) is 16.3 Å². The Bertz CT molecular complexity index is 881. The van der Waals surface area contributed by atoms with Gasteiger partial charge in [-0.25, -0.2) is 4.98 Å². The number of carbonyl (C=O) groups excluding carboxylic acids is 2. The van der Waals surface area contributed by atoms with E-state index in [4.69, 9.17) is 11.6 Å². The quantitative estimate of drug-likeness (QED) is 0.651. The highest BCUT2D eigenvalue weighted by Crippen LogP contribution is 2.24. The third-order valence-corrected chi connectivity index (χ3v) is 5.60. The zero-order valence-electron chi connectivity index (χ0n) is 13.0. The molecular formula is C17H14ClN3O2S2. The molecule has 0 fully saturated rings. The van der Waals surface area contributed by atoms with Crippen LogP contribution in [-0.2, 0) is 10.5 Å². The summed E-state index contributed by atoms with van der Waals surface area (Å²) in [6.45, 7) is 0. The summed E-state index contributed by atoms with van der Waals surface area (Å²) in [5.74, 6) is 0.189. The lowest BCUT2D eigenvalue weighted by molar-refractivity contribution is -0.119. The van der Waals surface area contributed by atoms with Gasteiger partial charge < -0.3 is 0 Å². The van der Waals surface area contributed by atoms with Crippen molar-refractivity contribution in [3.8, 4) is 0 Å². The minimum atomic E-state index is -0.410. The van der Waals surface area contributed by atoms with Crippen LogP contribution in [0.4, 0.5) is 0 Å². The van der Waals surface area contributed by atoms with Crippen LogP contribution < -0.4 is 10.9 Å². The van der Waals surface area contributed by atoms with E-state index in [-0.39, 0.29) is 11.7 Å². The van der Waals surface area contributed by atoms with E-state index < -0.39 is 5.91 Å². The Labute approximate surface area is 157 Å². The average Bonchev–Trinajstić information content (AvgIpc) is 3.02. The van der Waals surface area contributed by atoms with Crippen molar-refractivity contribution in [2.75, 3.05) is 5.75 Å². The van der Waals surface area contributed by atoms with Gasteiger partial charge in [-0.3, -0.25) is 20.4 Å². The summed E-state index contributed by atoms with van der Waals surface area (Å²) in [6.07, 6.45) is 0. The predicted molar refractivity (Wildman–Crippen MR) is 103 cm³/mol. The van der Waals surface area contributed by atoms with Crippen LogP contribution in [0, 0.1) is 0 Å². The minimum absolute atomic E-state index is 0.228. The Morgan fingerprint density at radius 3 is 2.76 bits per heavy atom. The van der Waals surface area contributed by atoms with Gasteiger partial charge in [-0.05, 0) is 30.3 Å². The SMILES string of the molecule is O=C(CSCc1nc2ccccc2s1)NNC(=O)c1cccc(Cl)c1. The lowest BCUT2D eigenvalue weighted by Crippen LogP contribution is -2.42. The number of thiazole rings is 1. The number of nitrogens with zero attached hydrogens (tertiary/aromatic N) is 1. The zero-order valence-corrected chi connectivity index (χ0v) is 15.4. The largest absolute Gasteiger partial charge is 0.272 e. The van der Waals surface area contributed by atoms with E-state index in [1.54, 1.807) is 29.5 Å². The van der Waals surface area contributed by atoms with Crippen LogP contribution in [0.15, 0.2) is 48.5 Å². The van der Waals surface area contributed by atoms with Crippen molar-refractivity contribution in [1.82, 2.24) is 15.8 Å². The maximum absolute atomic E-state index is 11.9. The van der Waals surface area contributed by atoms with E-state index in [0.29, 0.717) is 16.3 Å². The van der Waals surface area contributed by atoms with Gasteiger partial charge in [0.05, 0.1) is 16.0 Å². The molecule has 2 aromatic carbocycles. The fourth-order valence-electron chi connectivity index (χ4n) is 2.08. The standard InChI is InChI=1S/C17H14ClN3O2S2/c18-12-5-3-4-11(8-12)17(23)21-20-15(22)9-24-10-16-19-13-6-1-2-7-14(13)25-16/h1-8H,9-10H2,(H,20,22)(H,21,23). The monoisotopic (exact) mass is 391 g/mol. The molecule has 25 heavy (non-hydrogen) atoms. The van der Waals surface area contributed by atoms with Crippen molar-refractivity contribution in [3.05, 3.63) is 64.1 Å². The zero-order chi connectivity index (χ0) is 17.6. The smallest absolute Gasteiger partial charge is 0.269 e. The Morgan fingerprint density at radius 2 is 1.96 bits per heavy atom. The van der Waals surface area contributed by atoms with E-state index in [2.05, 4.69) is 15.8 Å². The first-order chi connectivity index (χ1) is 12.1. The number of aromatic nitrogens is 1. The highest BCUT2D eigenvalue weighted by molar-refractivity contribution is 7.99. The van der Waals surface area contributed by atoms with Crippen LogP contribution in [0.3, 0.4) is 0 Å². The van der Waals surface area contributed by atoms with Gasteiger partial charge in [0.15, 0.2) is 0 Å². The molecule has 3 aromatic rings. The number of halogens is 1. The van der Waals surface area contributed by atoms with Crippen LogP contribution in [0.25, 0.3) is 10.2 Å². The van der Waals surface area contributed by atoms with Gasteiger partial charge >= 0.3 is 0 Å². The van der Waals surface area contributed by atoms with E-state index >= 15 is 0 Å². The van der Waals surface area contributed by atoms with Crippen molar-refractivity contribution in [2.24, 2.45) is 0 Å². The van der Waals surface area contributed by atoms with E-state index in [9.17, 15) is 9.59 Å². The molecule has 128 valence electrons. The van der Waals surface area contributed by atoms with E-state index in [1.807, 2.05) is 24.3 Å². The van der Waals surface area contributed by atoms with Crippen LogP contribution in [0.1, 0.15) is 15.4 Å². The van der Waals surface area contributed by atoms with Crippen molar-refractivity contribution >= 4 is 56.7 Å². The van der Waals surface area contributed by atoms with Crippen molar-refractivity contribution < 1.29 is 9.59 Å². The fraction of sp³-hybridized carbons (Fsp3) is 0.118. The summed E-state index contributed by atoms with van der Waals surface area (Å²) in [6, 6.07) is 14.4. The molecule has 0 aliphatic heterocycles. The highest BCUT2D eigenvalue weighted by Gasteiger charge is 2.09. The Balaban J connectivity index is 1.42. The third kappa shape index (κ3) is 4.94. The van der Waals surface area contributed by atoms with Gasteiger partial charge in [0.25, 0.3) is 5.91 Å². The van der Waals surface area contributed by atoms with Gasteiger partial charge in [-0.15, -0.1) is 23.1 Å². The molecule has 8 heteroatoms. The number of rotatable bonds is 5. The summed E-state index contributed by atoms with van der Waals surface area (Å²) in [4.78, 5) is 28.2. The number of carbonyl (C=O) groups is 2. The second-order valence-electron chi connectivity index (χ2n) is 5.08. The first-order valence-electron chi connectivity index (χ1n) is 7.39. The van der Waals surface area contributed by atoms with E-state index in [0.717, 1.165) is 15.2 Å². The second kappa shape index (κ2) is 8.33. The van der Waals surface area contributed by atoms with Crippen molar-refractivity contribution in [1.29, 1.82) is 0 Å². The molecule has 0 unspecified atom stereocenters. The molecule has 0 aliphatic carbocycles. The fourth-order valence-corrected chi connectivity index (χ4v) is 4.11. The molecule has 0 saturated carbocycles. The molecule has 0 atom stereocenters. The summed E-state index contributed by atoms with van der Waals surface area (Å²) in [5, 5.41) is 1.44. The Morgan fingerprint density at radius 1 is 1.12 bits per heavy atom. The number of hydrogen-bond donors (Lipinski definition) is 2. The normalized spacial score (nSPS) is 10.6. The van der Waals surface area contributed by atoms with Gasteiger partial charge in [0.1, 0.15) is 5.01 Å². The first kappa shape index (κ1) is 17.7. The number of fused-ring (bicyclic) bond motifs is 1. The molecule has 3 rings (SSSR count). The van der Waals surface area contributed by atoms with Crippen molar-refractivity contribution in [2.45, 2.75) is 5.75 Å². The minimum Gasteiger partial charge on any atom is -0.272 e. The number of hydrogen-bond acceptors (Lipinski definition) is 5. The lowest BCUT2D eigenvalue weighted by atomic mass is 10.2. The second-order valence-corrected chi connectivity index (χ2v) is 7.62. The number of benzene rings is 2. The first-order valence-corrected chi connectivity index (χ1v) is 9.74. The molecule has 0 radical (unpaired) electrons. The number of para-hydroxylation sites is 1. The van der Waals surface area contributed by atoms with Gasteiger partial charge in [-0.1, -0.05) is 29.8 Å². The molecule has 1 heterocycles. The molecule has 2 N–H and O–H groups in total. The third-order valence-electron chi connectivity index (χ3n) is 3.20. The van der Waals surface area contributed by atoms with Gasteiger partial charge in [0.2, 0.25) is 5.91 Å². The molecular weight excluding hydrogens is 378 g/mol. The number of hydrazine groups is 1. The molecule has 0 aliphatic rings. The summed E-state index contributed by atoms with van der Waals surface area (Å²) in [7, 11) is 0. The van der Waals surface area contributed by atoms with Crippen LogP contribution in [-0.4, -0.2) is 22.6 Å². The summed E-state index contributed by atoms with van der Waals surface area (Å²) in [5.41, 5.74) is 6.12. The Kier molecular flexibility index (Phi) is 5.91. The predicted octanol–water partition coefficient (Wildman–Crippen LogP) is 3.64. The molecule has 2 amide bonds. The summed E-state index contributed by atoms with van der Waals surface area (Å²) >= 11 is 8.90. The number of nitrogens with one attached hydrogen (secondary N) is 2. The molecule has 1 aromatic heterocycles. The van der Waals surface area contributed by atoms with Crippen LogP contribution >= 0.6 is 34.7 Å². The van der Waals surface area contributed by atoms with Crippen LogP contribution in [0.5, 0.6) is 0 Å². The van der Waals surface area contributed by atoms with Crippen LogP contribution in [0.2, 0.25) is 5.02 Å². The number of thioether (sulfide) groups is 1. The maximum atomic E-state index is 11.9. The molecule has 0 saturated heterocycles. The highest BCUT2D eigenvalue weighted by atomic mass is 35.5. The van der Waals surface area contributed by atoms with E-state index in [1.165, 1.54) is 17.8 Å². The van der Waals surface area contributed by atoms with Gasteiger partial charge in [-0.2, -0.15) is 0 Å².